The Morgan fingerprint density at radius 3 is 2.72 bits per heavy atom. The summed E-state index contributed by atoms with van der Waals surface area (Å²) in [5.74, 6) is 1.73. The Morgan fingerprint density at radius 1 is 1.11 bits per heavy atom. The van der Waals surface area contributed by atoms with E-state index in [0.29, 0.717) is 6.04 Å². The van der Waals surface area contributed by atoms with Crippen molar-refractivity contribution in [2.45, 2.75) is 44.6 Å². The summed E-state index contributed by atoms with van der Waals surface area (Å²) in [6, 6.07) is 5.37. The molecule has 0 aromatic heterocycles. The average molecular weight is 312 g/mol. The van der Waals surface area contributed by atoms with Gasteiger partial charge in [-0.15, -0.1) is 0 Å². The number of nitrogens with one attached hydrogen (secondary N) is 1. The molecule has 1 aromatic rings. The first kappa shape index (κ1) is 12.5. The molecule has 0 bridgehead atoms. The summed E-state index contributed by atoms with van der Waals surface area (Å²) in [7, 11) is 0. The fourth-order valence-electron chi connectivity index (χ4n) is 3.18. The van der Waals surface area contributed by atoms with E-state index in [2.05, 4.69) is 21.2 Å². The summed E-state index contributed by atoms with van der Waals surface area (Å²) in [6.07, 6.45) is 8.04. The summed E-state index contributed by atoms with van der Waals surface area (Å²) in [5, 5.41) is 3.52. The second-order valence-electron chi connectivity index (χ2n) is 5.73. The summed E-state index contributed by atoms with van der Waals surface area (Å²) in [5.41, 5.74) is 0.899. The molecule has 0 spiro atoms. The van der Waals surface area contributed by atoms with Crippen molar-refractivity contribution in [3.63, 3.8) is 0 Å². The fourth-order valence-corrected chi connectivity index (χ4v) is 3.54. The number of halogens is 2. The van der Waals surface area contributed by atoms with E-state index in [4.69, 9.17) is 0 Å². The first-order chi connectivity index (χ1) is 8.72. The lowest BCUT2D eigenvalue weighted by Gasteiger charge is -2.30. The van der Waals surface area contributed by atoms with Gasteiger partial charge in [-0.2, -0.15) is 0 Å². The molecule has 1 nitrogen and oxygen atoms in total. The number of benzene rings is 1. The number of rotatable bonds is 3. The minimum absolute atomic E-state index is 0.171. The molecule has 2 aliphatic carbocycles. The summed E-state index contributed by atoms with van der Waals surface area (Å²) in [6.45, 7) is 0. The van der Waals surface area contributed by atoms with Gasteiger partial charge in [0.05, 0.1) is 5.69 Å². The maximum atomic E-state index is 13.3. The molecule has 1 N–H and O–H groups in total. The third-order valence-corrected chi connectivity index (χ3v) is 4.98. The first-order valence-corrected chi connectivity index (χ1v) is 7.73. The molecule has 2 atom stereocenters. The maximum absolute atomic E-state index is 13.3. The molecular formula is C15H19BrFN. The highest BCUT2D eigenvalue weighted by Crippen LogP contribution is 2.44. The van der Waals surface area contributed by atoms with Crippen LogP contribution in [0.25, 0.3) is 0 Å². The molecule has 3 rings (SSSR count). The predicted octanol–water partition coefficient (Wildman–Crippen LogP) is 4.97. The van der Waals surface area contributed by atoms with Crippen LogP contribution in [0.15, 0.2) is 22.7 Å². The van der Waals surface area contributed by atoms with Crippen molar-refractivity contribution >= 4 is 21.6 Å². The van der Waals surface area contributed by atoms with Crippen molar-refractivity contribution in [1.82, 2.24) is 0 Å². The van der Waals surface area contributed by atoms with E-state index in [9.17, 15) is 4.39 Å². The van der Waals surface area contributed by atoms with Gasteiger partial charge in [-0.3, -0.25) is 0 Å². The molecule has 0 radical (unpaired) electrons. The molecule has 2 fully saturated rings. The molecule has 2 unspecified atom stereocenters. The monoisotopic (exact) mass is 311 g/mol. The lowest BCUT2D eigenvalue weighted by atomic mass is 9.82. The van der Waals surface area contributed by atoms with Crippen molar-refractivity contribution in [3.05, 3.63) is 28.5 Å². The Labute approximate surface area is 116 Å². The second kappa shape index (κ2) is 5.20. The van der Waals surface area contributed by atoms with Gasteiger partial charge >= 0.3 is 0 Å². The zero-order chi connectivity index (χ0) is 12.5. The molecule has 1 aromatic carbocycles. The van der Waals surface area contributed by atoms with Crippen LogP contribution in [0.5, 0.6) is 0 Å². The van der Waals surface area contributed by atoms with Gasteiger partial charge in [0.15, 0.2) is 0 Å². The van der Waals surface area contributed by atoms with Crippen LogP contribution in [0, 0.1) is 17.7 Å². The molecule has 0 amide bonds. The highest BCUT2D eigenvalue weighted by Gasteiger charge is 2.34. The highest BCUT2D eigenvalue weighted by atomic mass is 79.9. The van der Waals surface area contributed by atoms with E-state index in [1.54, 1.807) is 12.1 Å². The average Bonchev–Trinajstić information content (AvgIpc) is 3.18. The Kier molecular flexibility index (Phi) is 3.60. The largest absolute Gasteiger partial charge is 0.381 e. The van der Waals surface area contributed by atoms with E-state index < -0.39 is 0 Å². The molecule has 0 aliphatic heterocycles. The van der Waals surface area contributed by atoms with Crippen molar-refractivity contribution in [1.29, 1.82) is 0 Å². The third kappa shape index (κ3) is 2.87. The van der Waals surface area contributed by atoms with Crippen molar-refractivity contribution in [2.24, 2.45) is 11.8 Å². The molecule has 18 heavy (non-hydrogen) atoms. The van der Waals surface area contributed by atoms with Crippen LogP contribution in [0.3, 0.4) is 0 Å². The molecule has 2 saturated carbocycles. The van der Waals surface area contributed by atoms with Gasteiger partial charge in [0, 0.05) is 10.5 Å². The van der Waals surface area contributed by atoms with Crippen LogP contribution < -0.4 is 5.32 Å². The van der Waals surface area contributed by atoms with Crippen LogP contribution in [-0.4, -0.2) is 6.04 Å². The zero-order valence-corrected chi connectivity index (χ0v) is 12.0. The van der Waals surface area contributed by atoms with E-state index >= 15 is 0 Å². The molecule has 3 heteroatoms. The number of hydrogen-bond acceptors (Lipinski definition) is 1. The molecule has 0 saturated heterocycles. The van der Waals surface area contributed by atoms with Crippen molar-refractivity contribution < 1.29 is 4.39 Å². The minimum atomic E-state index is -0.171. The summed E-state index contributed by atoms with van der Waals surface area (Å²) < 4.78 is 14.2. The van der Waals surface area contributed by atoms with Crippen LogP contribution in [0.4, 0.5) is 10.1 Å². The fraction of sp³-hybridized carbons (Fsp3) is 0.600. The van der Waals surface area contributed by atoms with Gasteiger partial charge in [0.2, 0.25) is 0 Å². The second-order valence-corrected chi connectivity index (χ2v) is 6.58. The van der Waals surface area contributed by atoms with Crippen molar-refractivity contribution in [3.8, 4) is 0 Å². The third-order valence-electron chi connectivity index (χ3n) is 4.29. The normalized spacial score (nSPS) is 28.1. The van der Waals surface area contributed by atoms with Crippen LogP contribution >= 0.6 is 15.9 Å². The number of anilines is 1. The van der Waals surface area contributed by atoms with Gasteiger partial charge in [-0.1, -0.05) is 12.8 Å². The van der Waals surface area contributed by atoms with E-state index in [0.717, 1.165) is 22.0 Å². The number of hydrogen-bond donors (Lipinski definition) is 1. The van der Waals surface area contributed by atoms with Crippen LogP contribution in [0.2, 0.25) is 0 Å². The molecule has 2 aliphatic rings. The molecule has 0 heterocycles. The van der Waals surface area contributed by atoms with Crippen molar-refractivity contribution in [2.75, 3.05) is 5.32 Å². The van der Waals surface area contributed by atoms with Gasteiger partial charge < -0.3 is 5.32 Å². The Bertz CT molecular complexity index is 431. The summed E-state index contributed by atoms with van der Waals surface area (Å²) >= 11 is 3.48. The lowest BCUT2D eigenvalue weighted by molar-refractivity contribution is 0.303. The van der Waals surface area contributed by atoms with Gasteiger partial charge in [-0.25, -0.2) is 4.39 Å². The van der Waals surface area contributed by atoms with E-state index in [1.807, 2.05) is 0 Å². The zero-order valence-electron chi connectivity index (χ0n) is 10.5. The topological polar surface area (TPSA) is 12.0 Å². The Balaban J connectivity index is 1.65. The predicted molar refractivity (Wildman–Crippen MR) is 76.2 cm³/mol. The van der Waals surface area contributed by atoms with E-state index in [-0.39, 0.29) is 5.82 Å². The highest BCUT2D eigenvalue weighted by molar-refractivity contribution is 9.10. The maximum Gasteiger partial charge on any atom is 0.125 e. The summed E-state index contributed by atoms with van der Waals surface area (Å²) in [4.78, 5) is 0. The lowest BCUT2D eigenvalue weighted by Crippen LogP contribution is -2.28. The molecular weight excluding hydrogens is 293 g/mol. The minimum Gasteiger partial charge on any atom is -0.381 e. The van der Waals surface area contributed by atoms with E-state index in [1.165, 1.54) is 44.6 Å². The van der Waals surface area contributed by atoms with Gasteiger partial charge in [0.25, 0.3) is 0 Å². The Hall–Kier alpha value is -0.570. The quantitative estimate of drug-likeness (QED) is 0.831. The first-order valence-electron chi connectivity index (χ1n) is 6.94. The van der Waals surface area contributed by atoms with Crippen LogP contribution in [-0.2, 0) is 0 Å². The van der Waals surface area contributed by atoms with Crippen LogP contribution in [0.1, 0.15) is 38.5 Å². The van der Waals surface area contributed by atoms with Gasteiger partial charge in [0.1, 0.15) is 5.82 Å². The standard InChI is InChI=1S/C15H19BrFN/c16-14-7-6-12(17)9-15(14)18-13-3-1-2-11(8-13)10-4-5-10/h6-7,9-11,13,18H,1-5,8H2. The van der Waals surface area contributed by atoms with Gasteiger partial charge in [-0.05, 0) is 71.6 Å². The Morgan fingerprint density at radius 2 is 1.94 bits per heavy atom. The molecule has 98 valence electrons. The smallest absolute Gasteiger partial charge is 0.125 e. The SMILES string of the molecule is Fc1ccc(Br)c(NC2CCCC(C3CC3)C2)c1.